The molecule has 0 unspecified atom stereocenters. The molecule has 1 aromatic rings. The molecule has 0 radical (unpaired) electrons. The number of benzene rings is 1. The highest BCUT2D eigenvalue weighted by Gasteiger charge is 2.29. The maximum absolute atomic E-state index is 2.61. The summed E-state index contributed by atoms with van der Waals surface area (Å²) in [4.78, 5) is 2.61. The molecule has 1 fully saturated rings. The molecule has 1 atom stereocenters. The summed E-state index contributed by atoms with van der Waals surface area (Å²) in [6, 6.07) is 9.75. The van der Waals surface area contributed by atoms with Crippen LogP contribution in [0.3, 0.4) is 0 Å². The van der Waals surface area contributed by atoms with Crippen molar-refractivity contribution in [3.05, 3.63) is 29.8 Å². The van der Waals surface area contributed by atoms with Crippen molar-refractivity contribution < 1.29 is 0 Å². The number of para-hydroxylation sites is 1. The van der Waals surface area contributed by atoms with E-state index in [9.17, 15) is 0 Å². The average molecular weight is 173 g/mol. The number of hydrogen-bond acceptors (Lipinski definition) is 1. The molecule has 68 valence electrons. The van der Waals surface area contributed by atoms with Gasteiger partial charge in [-0.25, -0.2) is 0 Å². The molecule has 0 amide bonds. The van der Waals surface area contributed by atoms with Crippen LogP contribution in [0.15, 0.2) is 24.3 Å². The smallest absolute Gasteiger partial charge is 0.0401 e. The maximum atomic E-state index is 2.61. The van der Waals surface area contributed by atoms with Gasteiger partial charge in [-0.1, -0.05) is 18.2 Å². The molecule has 0 bridgehead atoms. The van der Waals surface area contributed by atoms with Gasteiger partial charge in [0.15, 0.2) is 0 Å². The molecule has 2 aliphatic heterocycles. The highest BCUT2D eigenvalue weighted by molar-refractivity contribution is 5.57. The van der Waals surface area contributed by atoms with Crippen molar-refractivity contribution in [1.82, 2.24) is 0 Å². The quantitative estimate of drug-likeness (QED) is 0.583. The van der Waals surface area contributed by atoms with Gasteiger partial charge in [-0.3, -0.25) is 0 Å². The Kier molecular flexibility index (Phi) is 1.58. The van der Waals surface area contributed by atoms with Crippen LogP contribution in [0.4, 0.5) is 5.69 Å². The fourth-order valence-electron chi connectivity index (χ4n) is 2.78. The number of nitrogens with zero attached hydrogens (tertiary/aromatic N) is 1. The minimum atomic E-state index is 0.856. The maximum Gasteiger partial charge on any atom is 0.0401 e. The molecular weight excluding hydrogens is 158 g/mol. The fraction of sp³-hybridized carbons (Fsp3) is 0.500. The second-order valence-electron chi connectivity index (χ2n) is 4.16. The van der Waals surface area contributed by atoms with Crippen LogP contribution in [0.5, 0.6) is 0 Å². The molecular formula is C12H15N. The van der Waals surface area contributed by atoms with Crippen LogP contribution in [-0.2, 0) is 6.42 Å². The summed E-state index contributed by atoms with van der Waals surface area (Å²) in [7, 11) is 0. The van der Waals surface area contributed by atoms with E-state index in [1.54, 1.807) is 5.56 Å². The zero-order valence-electron chi connectivity index (χ0n) is 7.87. The highest BCUT2D eigenvalue weighted by Crippen LogP contribution is 2.35. The first-order valence-corrected chi connectivity index (χ1v) is 5.30. The monoisotopic (exact) mass is 173 g/mol. The third kappa shape index (κ3) is 1.06. The third-order valence-electron chi connectivity index (χ3n) is 3.43. The Labute approximate surface area is 79.4 Å². The van der Waals surface area contributed by atoms with Crippen molar-refractivity contribution in [3.63, 3.8) is 0 Å². The van der Waals surface area contributed by atoms with Crippen LogP contribution in [0, 0.1) is 0 Å². The summed E-state index contributed by atoms with van der Waals surface area (Å²) in [5.41, 5.74) is 3.07. The lowest BCUT2D eigenvalue weighted by molar-refractivity contribution is 0.586. The van der Waals surface area contributed by atoms with E-state index < -0.39 is 0 Å². The number of fused-ring (bicyclic) bond motifs is 3. The van der Waals surface area contributed by atoms with Crippen molar-refractivity contribution in [2.75, 3.05) is 11.4 Å². The number of aryl methyl sites for hydroxylation is 1. The van der Waals surface area contributed by atoms with Crippen LogP contribution in [0.1, 0.15) is 24.8 Å². The van der Waals surface area contributed by atoms with Crippen molar-refractivity contribution in [1.29, 1.82) is 0 Å². The lowest BCUT2D eigenvalue weighted by atomic mass is 9.97. The molecule has 13 heavy (non-hydrogen) atoms. The van der Waals surface area contributed by atoms with Crippen LogP contribution in [0.25, 0.3) is 0 Å². The first-order chi connectivity index (χ1) is 6.45. The average Bonchev–Trinajstić information content (AvgIpc) is 2.65. The molecule has 1 nitrogen and oxygen atoms in total. The Hall–Kier alpha value is -0.980. The van der Waals surface area contributed by atoms with E-state index in [4.69, 9.17) is 0 Å². The van der Waals surface area contributed by atoms with Gasteiger partial charge in [-0.05, 0) is 37.3 Å². The minimum absolute atomic E-state index is 0.856. The standard InChI is InChI=1S/C12H15N/c1-2-6-12-10(4-1)7-8-11-5-3-9-13(11)12/h1-2,4,6,11H,3,5,7-9H2/t11-/m1/s1. The predicted octanol–water partition coefficient (Wildman–Crippen LogP) is 2.60. The van der Waals surface area contributed by atoms with Gasteiger partial charge in [0.2, 0.25) is 0 Å². The van der Waals surface area contributed by atoms with Crippen molar-refractivity contribution in [2.24, 2.45) is 0 Å². The third-order valence-corrected chi connectivity index (χ3v) is 3.43. The first-order valence-electron chi connectivity index (χ1n) is 5.30. The van der Waals surface area contributed by atoms with E-state index in [0.29, 0.717) is 0 Å². The Balaban J connectivity index is 2.06. The molecule has 0 aliphatic carbocycles. The topological polar surface area (TPSA) is 3.24 Å². The van der Waals surface area contributed by atoms with Gasteiger partial charge in [0.1, 0.15) is 0 Å². The van der Waals surface area contributed by atoms with E-state index in [2.05, 4.69) is 29.2 Å². The molecule has 1 saturated heterocycles. The Morgan fingerprint density at radius 3 is 3.08 bits per heavy atom. The molecule has 0 aromatic heterocycles. The lowest BCUT2D eigenvalue weighted by Crippen LogP contribution is -2.33. The largest absolute Gasteiger partial charge is 0.368 e. The van der Waals surface area contributed by atoms with Gasteiger partial charge in [0, 0.05) is 18.3 Å². The van der Waals surface area contributed by atoms with Gasteiger partial charge in [0.25, 0.3) is 0 Å². The SMILES string of the molecule is c1ccc2c(c1)CC[C@H]1CCCN21. The Morgan fingerprint density at radius 1 is 1.15 bits per heavy atom. The molecule has 0 spiro atoms. The van der Waals surface area contributed by atoms with E-state index in [1.165, 1.54) is 37.9 Å². The van der Waals surface area contributed by atoms with Gasteiger partial charge in [-0.2, -0.15) is 0 Å². The van der Waals surface area contributed by atoms with Crippen LogP contribution in [-0.4, -0.2) is 12.6 Å². The molecule has 3 rings (SSSR count). The predicted molar refractivity (Wildman–Crippen MR) is 55.1 cm³/mol. The van der Waals surface area contributed by atoms with Gasteiger partial charge < -0.3 is 4.90 Å². The summed E-state index contributed by atoms with van der Waals surface area (Å²) in [5, 5.41) is 0. The molecule has 2 heterocycles. The normalized spacial score (nSPS) is 25.5. The molecule has 2 aliphatic rings. The summed E-state index contributed by atoms with van der Waals surface area (Å²) in [6.45, 7) is 1.28. The van der Waals surface area contributed by atoms with Gasteiger partial charge in [0.05, 0.1) is 0 Å². The first kappa shape index (κ1) is 7.43. The fourth-order valence-corrected chi connectivity index (χ4v) is 2.78. The van der Waals surface area contributed by atoms with Gasteiger partial charge in [-0.15, -0.1) is 0 Å². The Bertz CT molecular complexity index is 319. The van der Waals surface area contributed by atoms with Crippen molar-refractivity contribution in [3.8, 4) is 0 Å². The van der Waals surface area contributed by atoms with E-state index in [1.807, 2.05) is 0 Å². The second kappa shape index (κ2) is 2.76. The highest BCUT2D eigenvalue weighted by atomic mass is 15.2. The number of anilines is 1. The van der Waals surface area contributed by atoms with Crippen molar-refractivity contribution >= 4 is 5.69 Å². The molecule has 1 aromatic carbocycles. The second-order valence-corrected chi connectivity index (χ2v) is 4.16. The number of hydrogen-bond donors (Lipinski definition) is 0. The van der Waals surface area contributed by atoms with Crippen molar-refractivity contribution in [2.45, 2.75) is 31.7 Å². The van der Waals surface area contributed by atoms with Crippen LogP contribution < -0.4 is 4.90 Å². The van der Waals surface area contributed by atoms with E-state index in [0.717, 1.165) is 6.04 Å². The summed E-state index contributed by atoms with van der Waals surface area (Å²) < 4.78 is 0. The van der Waals surface area contributed by atoms with E-state index >= 15 is 0 Å². The number of rotatable bonds is 0. The zero-order valence-corrected chi connectivity index (χ0v) is 7.87. The summed E-state index contributed by atoms with van der Waals surface area (Å²) >= 11 is 0. The molecule has 1 heteroatoms. The van der Waals surface area contributed by atoms with E-state index in [-0.39, 0.29) is 0 Å². The lowest BCUT2D eigenvalue weighted by Gasteiger charge is -2.33. The van der Waals surface area contributed by atoms with Crippen LogP contribution in [0.2, 0.25) is 0 Å². The summed E-state index contributed by atoms with van der Waals surface area (Å²) in [5.74, 6) is 0. The Morgan fingerprint density at radius 2 is 2.08 bits per heavy atom. The minimum Gasteiger partial charge on any atom is -0.368 e. The van der Waals surface area contributed by atoms with Gasteiger partial charge >= 0.3 is 0 Å². The summed E-state index contributed by atoms with van der Waals surface area (Å²) in [6.07, 6.45) is 5.46. The molecule has 0 saturated carbocycles. The zero-order chi connectivity index (χ0) is 8.67. The van der Waals surface area contributed by atoms with Crippen LogP contribution >= 0.6 is 0 Å². The molecule has 0 N–H and O–H groups in total.